The lowest BCUT2D eigenvalue weighted by molar-refractivity contribution is 0.0703. The Morgan fingerprint density at radius 1 is 1.53 bits per heavy atom. The number of rotatable bonds is 4. The van der Waals surface area contributed by atoms with E-state index in [2.05, 4.69) is 9.71 Å². The fourth-order valence-corrected chi connectivity index (χ4v) is 3.48. The number of hydrogen-bond donors (Lipinski definition) is 2. The van der Waals surface area contributed by atoms with Crippen LogP contribution in [0.2, 0.25) is 0 Å². The number of carboxylic acids is 1. The van der Waals surface area contributed by atoms with Crippen molar-refractivity contribution in [2.75, 3.05) is 4.72 Å². The molecule has 0 fully saturated rings. The van der Waals surface area contributed by atoms with Gasteiger partial charge in [0.05, 0.1) is 12.0 Å². The van der Waals surface area contributed by atoms with E-state index in [0.717, 1.165) is 11.3 Å². The normalized spacial score (nSPS) is 11.5. The zero-order valence-corrected chi connectivity index (χ0v) is 11.7. The van der Waals surface area contributed by atoms with Crippen LogP contribution >= 0.6 is 11.3 Å². The molecule has 0 aliphatic carbocycles. The SMILES string of the molecule is Cc1csc(C(=O)O)c1NS(=O)(=O)c1cn(C)cn1. The molecule has 0 unspecified atom stereocenters. The highest BCUT2D eigenvalue weighted by Crippen LogP contribution is 2.29. The van der Waals surface area contributed by atoms with Gasteiger partial charge in [0, 0.05) is 13.2 Å². The molecule has 0 spiro atoms. The standard InChI is InChI=1S/C10H11N3O4S2/c1-6-4-18-9(10(14)15)8(6)12-19(16,17)7-3-13(2)5-11-7/h3-5,12H,1-2H3,(H,14,15). The summed E-state index contributed by atoms with van der Waals surface area (Å²) in [6.45, 7) is 1.64. The third-order valence-corrected chi connectivity index (χ3v) is 4.68. The second-order valence-corrected chi connectivity index (χ2v) is 6.42. The molecule has 0 aliphatic rings. The summed E-state index contributed by atoms with van der Waals surface area (Å²) in [4.78, 5) is 14.7. The van der Waals surface area contributed by atoms with E-state index in [1.165, 1.54) is 17.1 Å². The van der Waals surface area contributed by atoms with Crippen LogP contribution in [0.25, 0.3) is 0 Å². The summed E-state index contributed by atoms with van der Waals surface area (Å²) in [5, 5.41) is 10.4. The van der Waals surface area contributed by atoms with Crippen molar-refractivity contribution in [3.8, 4) is 0 Å². The number of carboxylic acid groups (broad SMARTS) is 1. The van der Waals surface area contributed by atoms with Crippen LogP contribution in [0.15, 0.2) is 22.9 Å². The number of hydrogen-bond acceptors (Lipinski definition) is 5. The van der Waals surface area contributed by atoms with Crippen LogP contribution in [0, 0.1) is 6.92 Å². The van der Waals surface area contributed by atoms with Gasteiger partial charge in [0.15, 0.2) is 5.03 Å². The van der Waals surface area contributed by atoms with Gasteiger partial charge in [0.25, 0.3) is 10.0 Å². The first kappa shape index (κ1) is 13.6. The molecule has 2 aromatic heterocycles. The third kappa shape index (κ3) is 2.61. The summed E-state index contributed by atoms with van der Waals surface area (Å²) < 4.78 is 27.9. The highest BCUT2D eigenvalue weighted by atomic mass is 32.2. The molecule has 2 N–H and O–H groups in total. The Morgan fingerprint density at radius 2 is 2.21 bits per heavy atom. The van der Waals surface area contributed by atoms with Crippen LogP contribution in [0.4, 0.5) is 5.69 Å². The van der Waals surface area contributed by atoms with Gasteiger partial charge in [0.1, 0.15) is 4.88 Å². The number of imidazole rings is 1. The Bertz CT molecular complexity index is 730. The number of thiophene rings is 1. The predicted octanol–water partition coefficient (Wildman–Crippen LogP) is 1.29. The van der Waals surface area contributed by atoms with E-state index < -0.39 is 16.0 Å². The topological polar surface area (TPSA) is 101 Å². The van der Waals surface area contributed by atoms with Crippen LogP contribution in [-0.2, 0) is 17.1 Å². The minimum absolute atomic E-state index is 0.0444. The van der Waals surface area contributed by atoms with Gasteiger partial charge in [-0.05, 0) is 17.9 Å². The zero-order chi connectivity index (χ0) is 14.2. The molecular formula is C10H11N3O4S2. The molecule has 9 heteroatoms. The van der Waals surface area contributed by atoms with Gasteiger partial charge < -0.3 is 9.67 Å². The van der Waals surface area contributed by atoms with Crippen LogP contribution in [0.5, 0.6) is 0 Å². The Kier molecular flexibility index (Phi) is 3.33. The van der Waals surface area contributed by atoms with Crippen molar-refractivity contribution >= 4 is 33.0 Å². The van der Waals surface area contributed by atoms with Crippen LogP contribution < -0.4 is 4.72 Å². The molecule has 0 bridgehead atoms. The number of nitrogens with zero attached hydrogens (tertiary/aromatic N) is 2. The highest BCUT2D eigenvalue weighted by Gasteiger charge is 2.23. The van der Waals surface area contributed by atoms with Gasteiger partial charge in [-0.25, -0.2) is 9.78 Å². The number of carbonyl (C=O) groups is 1. The lowest BCUT2D eigenvalue weighted by Gasteiger charge is -2.06. The average Bonchev–Trinajstić information content (AvgIpc) is 2.87. The van der Waals surface area contributed by atoms with Gasteiger partial charge in [-0.2, -0.15) is 8.42 Å². The second-order valence-electron chi connectivity index (χ2n) is 3.91. The minimum Gasteiger partial charge on any atom is -0.477 e. The Morgan fingerprint density at radius 3 is 2.74 bits per heavy atom. The van der Waals surface area contributed by atoms with E-state index in [-0.39, 0.29) is 15.6 Å². The van der Waals surface area contributed by atoms with Crippen molar-refractivity contribution in [1.82, 2.24) is 9.55 Å². The van der Waals surface area contributed by atoms with E-state index in [1.54, 1.807) is 19.4 Å². The van der Waals surface area contributed by atoms with Crippen LogP contribution in [0.3, 0.4) is 0 Å². The number of aromatic nitrogens is 2. The Balaban J connectivity index is 2.41. The highest BCUT2D eigenvalue weighted by molar-refractivity contribution is 7.92. The monoisotopic (exact) mass is 301 g/mol. The molecule has 0 atom stereocenters. The first-order chi connectivity index (χ1) is 8.81. The van der Waals surface area contributed by atoms with Crippen molar-refractivity contribution in [3.63, 3.8) is 0 Å². The van der Waals surface area contributed by atoms with Crippen molar-refractivity contribution in [1.29, 1.82) is 0 Å². The Hall–Kier alpha value is -1.87. The minimum atomic E-state index is -3.88. The fourth-order valence-electron chi connectivity index (χ4n) is 1.44. The maximum Gasteiger partial charge on any atom is 0.348 e. The first-order valence-corrected chi connectivity index (χ1v) is 7.49. The number of sulfonamides is 1. The molecule has 0 saturated heterocycles. The number of nitrogens with one attached hydrogen (secondary N) is 1. The summed E-state index contributed by atoms with van der Waals surface area (Å²) >= 11 is 0.973. The number of aromatic carboxylic acids is 1. The maximum absolute atomic E-state index is 12.1. The molecule has 0 saturated carbocycles. The molecule has 0 radical (unpaired) electrons. The van der Waals surface area contributed by atoms with Gasteiger partial charge in [-0.15, -0.1) is 11.3 Å². The molecule has 2 rings (SSSR count). The molecule has 2 heterocycles. The maximum atomic E-state index is 12.1. The average molecular weight is 301 g/mol. The molecule has 19 heavy (non-hydrogen) atoms. The second kappa shape index (κ2) is 4.67. The molecule has 2 aromatic rings. The lowest BCUT2D eigenvalue weighted by Crippen LogP contribution is -2.15. The number of aryl methyl sites for hydroxylation is 2. The summed E-state index contributed by atoms with van der Waals surface area (Å²) in [6, 6.07) is 0. The van der Waals surface area contributed by atoms with Crippen molar-refractivity contribution in [2.24, 2.45) is 7.05 Å². The molecule has 0 aliphatic heterocycles. The van der Waals surface area contributed by atoms with E-state index >= 15 is 0 Å². The first-order valence-electron chi connectivity index (χ1n) is 5.13. The largest absolute Gasteiger partial charge is 0.477 e. The van der Waals surface area contributed by atoms with E-state index in [1.807, 2.05) is 0 Å². The summed E-state index contributed by atoms with van der Waals surface area (Å²) in [5.74, 6) is -1.17. The summed E-state index contributed by atoms with van der Waals surface area (Å²) in [6.07, 6.45) is 2.69. The molecular weight excluding hydrogens is 290 g/mol. The van der Waals surface area contributed by atoms with Crippen LogP contribution in [-0.4, -0.2) is 29.0 Å². The van der Waals surface area contributed by atoms with Gasteiger partial charge >= 0.3 is 5.97 Å². The predicted molar refractivity (Wildman–Crippen MR) is 70.0 cm³/mol. The smallest absolute Gasteiger partial charge is 0.348 e. The molecule has 0 aromatic carbocycles. The lowest BCUT2D eigenvalue weighted by atomic mass is 10.3. The summed E-state index contributed by atoms with van der Waals surface area (Å²) in [7, 11) is -2.24. The zero-order valence-electron chi connectivity index (χ0n) is 10.1. The molecule has 7 nitrogen and oxygen atoms in total. The van der Waals surface area contributed by atoms with Gasteiger partial charge in [-0.1, -0.05) is 0 Å². The van der Waals surface area contributed by atoms with Crippen LogP contribution in [0.1, 0.15) is 15.2 Å². The third-order valence-electron chi connectivity index (χ3n) is 2.36. The van der Waals surface area contributed by atoms with Gasteiger partial charge in [-0.3, -0.25) is 4.72 Å². The molecule has 0 amide bonds. The number of anilines is 1. The van der Waals surface area contributed by atoms with Crippen molar-refractivity contribution < 1.29 is 18.3 Å². The quantitative estimate of drug-likeness (QED) is 0.886. The van der Waals surface area contributed by atoms with E-state index in [9.17, 15) is 13.2 Å². The fraction of sp³-hybridized carbons (Fsp3) is 0.200. The molecule has 102 valence electrons. The van der Waals surface area contributed by atoms with Crippen molar-refractivity contribution in [3.05, 3.63) is 28.3 Å². The van der Waals surface area contributed by atoms with Crippen molar-refractivity contribution in [2.45, 2.75) is 11.9 Å². The Labute approximate surface area is 113 Å². The van der Waals surface area contributed by atoms with E-state index in [0.29, 0.717) is 5.56 Å². The summed E-state index contributed by atoms with van der Waals surface area (Å²) in [5.41, 5.74) is 0.644. The van der Waals surface area contributed by atoms with Gasteiger partial charge in [0.2, 0.25) is 0 Å². The van der Waals surface area contributed by atoms with E-state index in [4.69, 9.17) is 5.11 Å².